The summed E-state index contributed by atoms with van der Waals surface area (Å²) in [6.07, 6.45) is 1.72. The summed E-state index contributed by atoms with van der Waals surface area (Å²) in [5.74, 6) is 0.161. The van der Waals surface area contributed by atoms with E-state index >= 15 is 0 Å². The second-order valence-corrected chi connectivity index (χ2v) is 6.59. The number of anilines is 2. The average Bonchev–Trinajstić information content (AvgIpc) is 2.69. The summed E-state index contributed by atoms with van der Waals surface area (Å²) in [5, 5.41) is 8.22. The van der Waals surface area contributed by atoms with Gasteiger partial charge in [-0.1, -0.05) is 36.4 Å². The van der Waals surface area contributed by atoms with E-state index in [9.17, 15) is 9.59 Å². The Morgan fingerprint density at radius 2 is 1.64 bits per heavy atom. The van der Waals surface area contributed by atoms with Gasteiger partial charge in [-0.05, 0) is 49.7 Å². The molecule has 2 aromatic carbocycles. The minimum absolute atomic E-state index is 0.0245. The molecule has 3 amide bonds. The first-order chi connectivity index (χ1) is 13.5. The molecule has 0 bridgehead atoms. The van der Waals surface area contributed by atoms with Gasteiger partial charge in [0.2, 0.25) is 0 Å². The van der Waals surface area contributed by atoms with E-state index < -0.39 is 0 Å². The number of benzene rings is 2. The number of rotatable bonds is 5. The molecule has 3 rings (SSSR count). The van der Waals surface area contributed by atoms with Crippen molar-refractivity contribution in [2.75, 3.05) is 10.6 Å². The number of pyridine rings is 1. The molecular formula is C22H22N4O2. The molecule has 0 unspecified atom stereocenters. The van der Waals surface area contributed by atoms with Crippen LogP contribution in [0.5, 0.6) is 0 Å². The Morgan fingerprint density at radius 1 is 0.857 bits per heavy atom. The molecular weight excluding hydrogens is 352 g/mol. The summed E-state index contributed by atoms with van der Waals surface area (Å²) in [7, 11) is 0. The first-order valence-corrected chi connectivity index (χ1v) is 9.01. The number of aromatic nitrogens is 1. The lowest BCUT2D eigenvalue weighted by Crippen LogP contribution is -2.34. The van der Waals surface area contributed by atoms with Crippen LogP contribution in [-0.2, 0) is 0 Å². The number of hydrogen-bond acceptors (Lipinski definition) is 3. The van der Waals surface area contributed by atoms with Gasteiger partial charge in [0, 0.05) is 29.1 Å². The molecule has 0 aliphatic carbocycles. The van der Waals surface area contributed by atoms with E-state index in [2.05, 4.69) is 20.9 Å². The van der Waals surface area contributed by atoms with Crippen molar-refractivity contribution in [3.8, 4) is 11.1 Å². The monoisotopic (exact) mass is 374 g/mol. The van der Waals surface area contributed by atoms with Gasteiger partial charge in [0.1, 0.15) is 5.82 Å². The van der Waals surface area contributed by atoms with E-state index in [1.807, 2.05) is 50.2 Å². The molecule has 0 fully saturated rings. The number of nitrogens with zero attached hydrogens (tertiary/aromatic N) is 1. The van der Waals surface area contributed by atoms with E-state index in [1.165, 1.54) is 0 Å². The maximum atomic E-state index is 12.5. The molecule has 3 N–H and O–H groups in total. The van der Waals surface area contributed by atoms with Crippen molar-refractivity contribution in [2.45, 2.75) is 19.9 Å². The summed E-state index contributed by atoms with van der Waals surface area (Å²) in [5.41, 5.74) is 3.00. The molecule has 1 aromatic heterocycles. The lowest BCUT2D eigenvalue weighted by Gasteiger charge is -2.11. The highest BCUT2D eigenvalue weighted by Crippen LogP contribution is 2.19. The Kier molecular flexibility index (Phi) is 6.01. The molecule has 6 nitrogen and oxygen atoms in total. The second-order valence-electron chi connectivity index (χ2n) is 6.59. The van der Waals surface area contributed by atoms with Crippen molar-refractivity contribution in [2.24, 2.45) is 0 Å². The van der Waals surface area contributed by atoms with Crippen LogP contribution in [0.3, 0.4) is 0 Å². The summed E-state index contributed by atoms with van der Waals surface area (Å²) >= 11 is 0. The second kappa shape index (κ2) is 8.81. The molecule has 0 spiro atoms. The number of carbonyl (C=O) groups excluding carboxylic acids is 2. The number of amides is 3. The zero-order chi connectivity index (χ0) is 19.9. The molecule has 0 radical (unpaired) electrons. The molecule has 142 valence electrons. The fourth-order valence-electron chi connectivity index (χ4n) is 2.63. The van der Waals surface area contributed by atoms with Crippen LogP contribution in [0.1, 0.15) is 24.2 Å². The molecule has 0 aliphatic rings. The number of nitrogens with one attached hydrogen (secondary N) is 3. The SMILES string of the molecule is CC(C)NC(=O)Nc1cccc(C(=O)Nc2ccc(-c3ccccc3)cn2)c1. The highest BCUT2D eigenvalue weighted by Gasteiger charge is 2.10. The zero-order valence-electron chi connectivity index (χ0n) is 15.8. The molecule has 3 aromatic rings. The van der Waals surface area contributed by atoms with Crippen molar-refractivity contribution < 1.29 is 9.59 Å². The van der Waals surface area contributed by atoms with Gasteiger partial charge in [-0.15, -0.1) is 0 Å². The van der Waals surface area contributed by atoms with Gasteiger partial charge < -0.3 is 16.0 Å². The lowest BCUT2D eigenvalue weighted by atomic mass is 10.1. The van der Waals surface area contributed by atoms with Crippen LogP contribution >= 0.6 is 0 Å². The van der Waals surface area contributed by atoms with Crippen molar-refractivity contribution in [3.05, 3.63) is 78.5 Å². The van der Waals surface area contributed by atoms with Crippen molar-refractivity contribution in [3.63, 3.8) is 0 Å². The molecule has 0 atom stereocenters. The minimum atomic E-state index is -0.314. The standard InChI is InChI=1S/C22H22N4O2/c1-15(2)24-22(28)25-19-10-6-9-17(13-19)21(27)26-20-12-11-18(14-23-20)16-7-4-3-5-8-16/h3-15H,1-2H3,(H,23,26,27)(H2,24,25,28). The first-order valence-electron chi connectivity index (χ1n) is 9.01. The summed E-state index contributed by atoms with van der Waals surface area (Å²) in [4.78, 5) is 28.6. The van der Waals surface area contributed by atoms with Gasteiger partial charge in [-0.3, -0.25) is 4.79 Å². The van der Waals surface area contributed by atoms with Crippen LogP contribution < -0.4 is 16.0 Å². The minimum Gasteiger partial charge on any atom is -0.336 e. The van der Waals surface area contributed by atoms with Crippen LogP contribution in [0.4, 0.5) is 16.3 Å². The normalized spacial score (nSPS) is 10.4. The third-order valence-electron chi connectivity index (χ3n) is 3.91. The van der Waals surface area contributed by atoms with Crippen molar-refractivity contribution in [1.29, 1.82) is 0 Å². The van der Waals surface area contributed by atoms with Crippen molar-refractivity contribution in [1.82, 2.24) is 10.3 Å². The number of hydrogen-bond donors (Lipinski definition) is 3. The summed E-state index contributed by atoms with van der Waals surface area (Å²) < 4.78 is 0. The highest BCUT2D eigenvalue weighted by molar-refractivity contribution is 6.04. The largest absolute Gasteiger partial charge is 0.336 e. The van der Waals surface area contributed by atoms with Crippen LogP contribution in [-0.4, -0.2) is 23.0 Å². The maximum absolute atomic E-state index is 12.5. The third kappa shape index (κ3) is 5.17. The van der Waals surface area contributed by atoms with E-state index in [1.54, 1.807) is 36.5 Å². The van der Waals surface area contributed by atoms with E-state index in [4.69, 9.17) is 0 Å². The van der Waals surface area contributed by atoms with Crippen molar-refractivity contribution >= 4 is 23.4 Å². The van der Waals surface area contributed by atoms with Crippen LogP contribution in [0.2, 0.25) is 0 Å². The maximum Gasteiger partial charge on any atom is 0.319 e. The Hall–Kier alpha value is -3.67. The lowest BCUT2D eigenvalue weighted by molar-refractivity contribution is 0.102. The van der Waals surface area contributed by atoms with E-state index in [0.717, 1.165) is 11.1 Å². The fourth-order valence-corrected chi connectivity index (χ4v) is 2.63. The van der Waals surface area contributed by atoms with Crippen LogP contribution in [0, 0.1) is 0 Å². The molecule has 0 aliphatic heterocycles. The average molecular weight is 374 g/mol. The fraction of sp³-hybridized carbons (Fsp3) is 0.136. The van der Waals surface area contributed by atoms with Gasteiger partial charge in [0.05, 0.1) is 0 Å². The smallest absolute Gasteiger partial charge is 0.319 e. The van der Waals surface area contributed by atoms with Gasteiger partial charge in [-0.2, -0.15) is 0 Å². The topological polar surface area (TPSA) is 83.1 Å². The zero-order valence-corrected chi connectivity index (χ0v) is 15.8. The quantitative estimate of drug-likeness (QED) is 0.613. The third-order valence-corrected chi connectivity index (χ3v) is 3.91. The van der Waals surface area contributed by atoms with Gasteiger partial charge >= 0.3 is 6.03 Å². The van der Waals surface area contributed by atoms with Gasteiger partial charge in [-0.25, -0.2) is 9.78 Å². The molecule has 1 heterocycles. The highest BCUT2D eigenvalue weighted by atomic mass is 16.2. The summed E-state index contributed by atoms with van der Waals surface area (Å²) in [6.45, 7) is 3.75. The Morgan fingerprint density at radius 3 is 2.32 bits per heavy atom. The molecule has 6 heteroatoms. The Bertz CT molecular complexity index is 954. The Balaban J connectivity index is 1.66. The summed E-state index contributed by atoms with van der Waals surface area (Å²) in [6, 6.07) is 20.0. The van der Waals surface area contributed by atoms with Crippen LogP contribution in [0.25, 0.3) is 11.1 Å². The van der Waals surface area contributed by atoms with Crippen LogP contribution in [0.15, 0.2) is 72.9 Å². The van der Waals surface area contributed by atoms with Gasteiger partial charge in [0.15, 0.2) is 0 Å². The predicted octanol–water partition coefficient (Wildman–Crippen LogP) is 4.53. The molecule has 28 heavy (non-hydrogen) atoms. The Labute approximate surface area is 164 Å². The number of carbonyl (C=O) groups is 2. The number of urea groups is 1. The van der Waals surface area contributed by atoms with E-state index in [-0.39, 0.29) is 18.0 Å². The van der Waals surface area contributed by atoms with Gasteiger partial charge in [0.25, 0.3) is 5.91 Å². The molecule has 0 saturated heterocycles. The first kappa shape index (κ1) is 19.1. The predicted molar refractivity (Wildman–Crippen MR) is 111 cm³/mol. The molecule has 0 saturated carbocycles. The van der Waals surface area contributed by atoms with E-state index in [0.29, 0.717) is 17.1 Å².